The van der Waals surface area contributed by atoms with Gasteiger partial charge in [0, 0.05) is 0 Å². The molecule has 0 radical (unpaired) electrons. The first-order valence-electron chi connectivity index (χ1n) is 8.84. The molecule has 0 aromatic heterocycles. The molecule has 0 spiro atoms. The van der Waals surface area contributed by atoms with E-state index in [4.69, 9.17) is 0 Å². The lowest BCUT2D eigenvalue weighted by Gasteiger charge is -2.07. The van der Waals surface area contributed by atoms with E-state index >= 15 is 0 Å². The summed E-state index contributed by atoms with van der Waals surface area (Å²) in [5, 5.41) is 9.44. The third-order valence-corrected chi connectivity index (χ3v) is 4.04. The van der Waals surface area contributed by atoms with Crippen molar-refractivity contribution >= 4 is 0 Å². The van der Waals surface area contributed by atoms with Crippen molar-refractivity contribution in [3.8, 4) is 0 Å². The van der Waals surface area contributed by atoms with Gasteiger partial charge < -0.3 is 5.11 Å². The highest BCUT2D eigenvalue weighted by atomic mass is 16.3. The van der Waals surface area contributed by atoms with Crippen LogP contribution in [0, 0.1) is 5.92 Å². The molecule has 0 saturated carbocycles. The fourth-order valence-corrected chi connectivity index (χ4v) is 2.55. The number of unbranched alkanes of at least 4 members (excludes halogenated alkanes) is 9. The maximum absolute atomic E-state index is 9.44. The Bertz CT molecular complexity index is 165. The first kappa shape index (κ1) is 19.0. The van der Waals surface area contributed by atoms with E-state index in [0.29, 0.717) is 0 Å². The lowest BCUT2D eigenvalue weighted by Crippen LogP contribution is -2.03. The summed E-state index contributed by atoms with van der Waals surface area (Å²) in [5.41, 5.74) is 0. The molecule has 0 bridgehead atoms. The molecule has 0 aliphatic carbocycles. The molecule has 0 heterocycles. The van der Waals surface area contributed by atoms with Crippen molar-refractivity contribution in [2.45, 2.75) is 110 Å². The topological polar surface area (TPSA) is 20.2 Å². The van der Waals surface area contributed by atoms with Gasteiger partial charge in [-0.25, -0.2) is 0 Å². The van der Waals surface area contributed by atoms with E-state index in [9.17, 15) is 5.11 Å². The van der Waals surface area contributed by atoms with Gasteiger partial charge in [0.25, 0.3) is 0 Å². The highest BCUT2D eigenvalue weighted by Crippen LogP contribution is 2.14. The second-order valence-corrected chi connectivity index (χ2v) is 6.57. The average Bonchev–Trinajstić information content (AvgIpc) is 2.39. The average molecular weight is 271 g/mol. The Balaban J connectivity index is 2.99. The van der Waals surface area contributed by atoms with Crippen LogP contribution in [0.25, 0.3) is 0 Å². The van der Waals surface area contributed by atoms with Crippen molar-refractivity contribution in [1.82, 2.24) is 0 Å². The lowest BCUT2D eigenvalue weighted by molar-refractivity contribution is 0.156. The monoisotopic (exact) mass is 270 g/mol. The molecule has 1 heteroatoms. The molecule has 0 amide bonds. The maximum Gasteiger partial charge on any atom is 0.0537 e. The molecule has 1 unspecified atom stereocenters. The lowest BCUT2D eigenvalue weighted by atomic mass is 10.0. The van der Waals surface area contributed by atoms with Crippen molar-refractivity contribution in [2.24, 2.45) is 5.92 Å². The standard InChI is InChI=1S/C18H38O/c1-4-18(19)16-14-12-10-8-6-5-7-9-11-13-15-17(2)3/h17-19H,4-16H2,1-3H3. The summed E-state index contributed by atoms with van der Waals surface area (Å²) in [6, 6.07) is 0. The van der Waals surface area contributed by atoms with Gasteiger partial charge in [-0.05, 0) is 18.8 Å². The molecule has 19 heavy (non-hydrogen) atoms. The summed E-state index contributed by atoms with van der Waals surface area (Å²) < 4.78 is 0. The Kier molecular flexibility index (Phi) is 14.3. The van der Waals surface area contributed by atoms with Gasteiger partial charge in [0.1, 0.15) is 0 Å². The summed E-state index contributed by atoms with van der Waals surface area (Å²) >= 11 is 0. The van der Waals surface area contributed by atoms with E-state index in [1.54, 1.807) is 0 Å². The van der Waals surface area contributed by atoms with E-state index in [1.165, 1.54) is 70.6 Å². The second kappa shape index (κ2) is 14.4. The minimum atomic E-state index is -0.0501. The molecule has 0 aromatic rings. The minimum Gasteiger partial charge on any atom is -0.393 e. The SMILES string of the molecule is CCC(O)CCCCCCCCCCCCC(C)C. The predicted molar refractivity (Wildman–Crippen MR) is 86.5 cm³/mol. The van der Waals surface area contributed by atoms with E-state index in [0.717, 1.165) is 18.8 Å². The molecule has 1 N–H and O–H groups in total. The van der Waals surface area contributed by atoms with Crippen LogP contribution in [0.4, 0.5) is 0 Å². The van der Waals surface area contributed by atoms with Gasteiger partial charge in [-0.3, -0.25) is 0 Å². The number of aliphatic hydroxyl groups is 1. The molecule has 0 aliphatic rings. The summed E-state index contributed by atoms with van der Waals surface area (Å²) in [7, 11) is 0. The second-order valence-electron chi connectivity index (χ2n) is 6.57. The van der Waals surface area contributed by atoms with Gasteiger partial charge in [0.05, 0.1) is 6.10 Å². The molecule has 1 atom stereocenters. The molecule has 116 valence electrons. The summed E-state index contributed by atoms with van der Waals surface area (Å²) in [4.78, 5) is 0. The van der Waals surface area contributed by atoms with Crippen LogP contribution >= 0.6 is 0 Å². The Morgan fingerprint density at radius 3 is 1.37 bits per heavy atom. The fraction of sp³-hybridized carbons (Fsp3) is 1.00. The van der Waals surface area contributed by atoms with Gasteiger partial charge >= 0.3 is 0 Å². The summed E-state index contributed by atoms with van der Waals surface area (Å²) in [6.45, 7) is 6.70. The van der Waals surface area contributed by atoms with E-state index in [-0.39, 0.29) is 6.10 Å². The van der Waals surface area contributed by atoms with Crippen LogP contribution in [0.15, 0.2) is 0 Å². The van der Waals surface area contributed by atoms with E-state index in [1.807, 2.05) is 0 Å². The molecule has 0 aliphatic heterocycles. The molecular formula is C18H38O. The van der Waals surface area contributed by atoms with Gasteiger partial charge in [0.15, 0.2) is 0 Å². The summed E-state index contributed by atoms with van der Waals surface area (Å²) in [5.74, 6) is 0.881. The fourth-order valence-electron chi connectivity index (χ4n) is 2.55. The molecule has 0 saturated heterocycles. The Hall–Kier alpha value is -0.0400. The Morgan fingerprint density at radius 1 is 0.632 bits per heavy atom. The maximum atomic E-state index is 9.44. The van der Waals surface area contributed by atoms with Crippen LogP contribution in [0.1, 0.15) is 104 Å². The number of hydrogen-bond donors (Lipinski definition) is 1. The molecular weight excluding hydrogens is 232 g/mol. The third kappa shape index (κ3) is 15.9. The molecule has 0 fully saturated rings. The Morgan fingerprint density at radius 2 is 1.00 bits per heavy atom. The van der Waals surface area contributed by atoms with Crippen molar-refractivity contribution in [2.75, 3.05) is 0 Å². The van der Waals surface area contributed by atoms with E-state index in [2.05, 4.69) is 20.8 Å². The summed E-state index contributed by atoms with van der Waals surface area (Å²) in [6.07, 6.45) is 17.2. The third-order valence-electron chi connectivity index (χ3n) is 4.04. The van der Waals surface area contributed by atoms with Crippen LogP contribution < -0.4 is 0 Å². The normalized spacial score (nSPS) is 13.1. The molecule has 1 nitrogen and oxygen atoms in total. The molecule has 0 rings (SSSR count). The van der Waals surface area contributed by atoms with Gasteiger partial charge in [-0.2, -0.15) is 0 Å². The van der Waals surface area contributed by atoms with Gasteiger partial charge in [0.2, 0.25) is 0 Å². The first-order valence-corrected chi connectivity index (χ1v) is 8.84. The van der Waals surface area contributed by atoms with Crippen molar-refractivity contribution in [3.05, 3.63) is 0 Å². The largest absolute Gasteiger partial charge is 0.393 e. The van der Waals surface area contributed by atoms with Crippen LogP contribution in [0.2, 0.25) is 0 Å². The zero-order valence-corrected chi connectivity index (χ0v) is 13.8. The van der Waals surface area contributed by atoms with E-state index < -0.39 is 0 Å². The van der Waals surface area contributed by atoms with Crippen molar-refractivity contribution in [3.63, 3.8) is 0 Å². The minimum absolute atomic E-state index is 0.0501. The van der Waals surface area contributed by atoms with Crippen LogP contribution in [-0.4, -0.2) is 11.2 Å². The van der Waals surface area contributed by atoms with Crippen molar-refractivity contribution < 1.29 is 5.11 Å². The van der Waals surface area contributed by atoms with Gasteiger partial charge in [-0.1, -0.05) is 91.4 Å². The highest BCUT2D eigenvalue weighted by Gasteiger charge is 1.99. The quantitative estimate of drug-likeness (QED) is 0.378. The van der Waals surface area contributed by atoms with Crippen LogP contribution in [0.3, 0.4) is 0 Å². The number of hydrogen-bond acceptors (Lipinski definition) is 1. The van der Waals surface area contributed by atoms with Gasteiger partial charge in [-0.15, -0.1) is 0 Å². The van der Waals surface area contributed by atoms with Crippen LogP contribution in [-0.2, 0) is 0 Å². The Labute approximate surface area is 122 Å². The first-order chi connectivity index (χ1) is 9.16. The smallest absolute Gasteiger partial charge is 0.0537 e. The van der Waals surface area contributed by atoms with Crippen LogP contribution in [0.5, 0.6) is 0 Å². The number of aliphatic hydroxyl groups excluding tert-OH is 1. The zero-order valence-electron chi connectivity index (χ0n) is 13.8. The zero-order chi connectivity index (χ0) is 14.3. The number of rotatable bonds is 14. The van der Waals surface area contributed by atoms with Crippen molar-refractivity contribution in [1.29, 1.82) is 0 Å². The highest BCUT2D eigenvalue weighted by molar-refractivity contribution is 4.54. The predicted octanol–water partition coefficient (Wildman–Crippen LogP) is 6.09. The molecule has 0 aromatic carbocycles.